The van der Waals surface area contributed by atoms with Gasteiger partial charge in [-0.15, -0.1) is 0 Å². The Balaban J connectivity index is 2.05. The van der Waals surface area contributed by atoms with Crippen LogP contribution >= 0.6 is 11.6 Å². The van der Waals surface area contributed by atoms with Crippen LogP contribution in [0, 0.1) is 17.7 Å². The fourth-order valence-corrected chi connectivity index (χ4v) is 3.52. The second-order valence-corrected chi connectivity index (χ2v) is 6.35. The van der Waals surface area contributed by atoms with E-state index in [0.717, 1.165) is 12.1 Å². The number of aromatic nitrogens is 1. The largest absolute Gasteiger partial charge is 0.366 e. The molecule has 3 nitrogen and oxygen atoms in total. The molecule has 0 atom stereocenters. The molecule has 6 heteroatoms. The van der Waals surface area contributed by atoms with Crippen molar-refractivity contribution < 1.29 is 13.6 Å². The second-order valence-electron chi connectivity index (χ2n) is 5.95. The minimum Gasteiger partial charge on any atom is -0.366 e. The van der Waals surface area contributed by atoms with Gasteiger partial charge in [0.05, 0.1) is 16.1 Å². The SMILES string of the molecule is NC(=O)c1cccc2c1c1[c]ccc(Cl)c1n2Cc1ccc(F)c(F)c1. The first-order valence-electron chi connectivity index (χ1n) is 7.82. The molecule has 1 heterocycles. The van der Waals surface area contributed by atoms with Crippen LogP contribution in [0.2, 0.25) is 5.02 Å². The van der Waals surface area contributed by atoms with Crippen LogP contribution in [0.15, 0.2) is 48.5 Å². The Morgan fingerprint density at radius 3 is 2.69 bits per heavy atom. The maximum atomic E-state index is 13.6. The fourth-order valence-electron chi connectivity index (χ4n) is 3.26. The van der Waals surface area contributed by atoms with E-state index in [2.05, 4.69) is 6.07 Å². The molecule has 0 aliphatic carbocycles. The highest BCUT2D eigenvalue weighted by atomic mass is 35.5. The molecule has 0 saturated heterocycles. The predicted octanol–water partition coefficient (Wildman–Crippen LogP) is 4.67. The normalized spacial score (nSPS) is 11.3. The van der Waals surface area contributed by atoms with Crippen molar-refractivity contribution >= 4 is 39.3 Å². The van der Waals surface area contributed by atoms with E-state index in [-0.39, 0.29) is 6.54 Å². The van der Waals surface area contributed by atoms with Crippen LogP contribution in [0.5, 0.6) is 0 Å². The third-order valence-corrected chi connectivity index (χ3v) is 4.67. The van der Waals surface area contributed by atoms with E-state index in [1.54, 1.807) is 24.3 Å². The summed E-state index contributed by atoms with van der Waals surface area (Å²) in [5, 5.41) is 1.76. The number of halogens is 3. The second kappa shape index (κ2) is 6.11. The van der Waals surface area contributed by atoms with Crippen molar-refractivity contribution in [2.24, 2.45) is 5.73 Å². The number of primary amides is 1. The topological polar surface area (TPSA) is 48.0 Å². The highest BCUT2D eigenvalue weighted by Crippen LogP contribution is 2.35. The molecule has 0 unspecified atom stereocenters. The van der Waals surface area contributed by atoms with E-state index in [1.165, 1.54) is 6.07 Å². The Labute approximate surface area is 152 Å². The number of fused-ring (bicyclic) bond motifs is 3. The highest BCUT2D eigenvalue weighted by molar-refractivity contribution is 6.36. The maximum absolute atomic E-state index is 13.6. The number of hydrogen-bond acceptors (Lipinski definition) is 1. The Morgan fingerprint density at radius 1 is 1.15 bits per heavy atom. The zero-order valence-corrected chi connectivity index (χ0v) is 14.1. The summed E-state index contributed by atoms with van der Waals surface area (Å²) in [6, 6.07) is 15.4. The molecule has 129 valence electrons. The fraction of sp³-hybridized carbons (Fsp3) is 0.0500. The third-order valence-electron chi connectivity index (χ3n) is 4.36. The van der Waals surface area contributed by atoms with Gasteiger partial charge < -0.3 is 10.3 Å². The smallest absolute Gasteiger partial charge is 0.249 e. The summed E-state index contributed by atoms with van der Waals surface area (Å²) < 4.78 is 28.7. The summed E-state index contributed by atoms with van der Waals surface area (Å²) in [5.41, 5.74) is 7.81. The number of nitrogens with zero attached hydrogens (tertiary/aromatic N) is 1. The summed E-state index contributed by atoms with van der Waals surface area (Å²) in [5.74, 6) is -2.38. The Hall–Kier alpha value is -2.92. The number of carbonyl (C=O) groups is 1. The van der Waals surface area contributed by atoms with E-state index in [9.17, 15) is 13.6 Å². The monoisotopic (exact) mass is 369 g/mol. The maximum Gasteiger partial charge on any atom is 0.249 e. The summed E-state index contributed by atoms with van der Waals surface area (Å²) in [4.78, 5) is 11.9. The van der Waals surface area contributed by atoms with Gasteiger partial charge in [-0.05, 0) is 42.0 Å². The molecule has 0 fully saturated rings. The van der Waals surface area contributed by atoms with Gasteiger partial charge >= 0.3 is 0 Å². The number of rotatable bonds is 3. The zero-order valence-electron chi connectivity index (χ0n) is 13.4. The van der Waals surface area contributed by atoms with E-state index in [4.69, 9.17) is 17.3 Å². The Bertz CT molecular complexity index is 1180. The quantitative estimate of drug-likeness (QED) is 0.560. The van der Waals surface area contributed by atoms with Crippen molar-refractivity contribution in [3.63, 3.8) is 0 Å². The molecule has 1 radical (unpaired) electrons. The van der Waals surface area contributed by atoms with Crippen LogP contribution in [0.4, 0.5) is 8.78 Å². The molecule has 3 aromatic carbocycles. The van der Waals surface area contributed by atoms with Crippen molar-refractivity contribution in [3.8, 4) is 0 Å². The van der Waals surface area contributed by atoms with Crippen LogP contribution in [-0.2, 0) is 6.54 Å². The lowest BCUT2D eigenvalue weighted by Crippen LogP contribution is -2.11. The molecule has 1 aromatic heterocycles. The number of hydrogen-bond donors (Lipinski definition) is 1. The van der Waals surface area contributed by atoms with Crippen LogP contribution in [0.3, 0.4) is 0 Å². The van der Waals surface area contributed by atoms with Gasteiger partial charge in [-0.2, -0.15) is 0 Å². The number of amides is 1. The molecule has 0 bridgehead atoms. The van der Waals surface area contributed by atoms with Crippen LogP contribution in [0.1, 0.15) is 15.9 Å². The van der Waals surface area contributed by atoms with Crippen molar-refractivity contribution in [2.75, 3.05) is 0 Å². The van der Waals surface area contributed by atoms with Gasteiger partial charge in [0.15, 0.2) is 11.6 Å². The van der Waals surface area contributed by atoms with E-state index in [0.29, 0.717) is 38.0 Å². The van der Waals surface area contributed by atoms with Crippen molar-refractivity contribution in [1.29, 1.82) is 0 Å². The highest BCUT2D eigenvalue weighted by Gasteiger charge is 2.18. The lowest BCUT2D eigenvalue weighted by Gasteiger charge is -2.09. The first-order valence-corrected chi connectivity index (χ1v) is 8.20. The molecule has 4 rings (SSSR count). The first kappa shape index (κ1) is 16.5. The minimum atomic E-state index is -0.918. The standard InChI is InChI=1S/C20H12ClF2N2O/c21-14-5-1-3-12-18-13(20(24)26)4-2-6-17(18)25(19(12)14)10-11-7-8-15(22)16(23)9-11/h1-2,4-9H,10H2,(H2,24,26). The summed E-state index contributed by atoms with van der Waals surface area (Å²) in [6.07, 6.45) is 0. The van der Waals surface area contributed by atoms with Crippen molar-refractivity contribution in [2.45, 2.75) is 6.54 Å². The van der Waals surface area contributed by atoms with Gasteiger partial charge in [0, 0.05) is 22.9 Å². The average Bonchev–Trinajstić information content (AvgIpc) is 2.93. The molecule has 0 aliphatic heterocycles. The van der Waals surface area contributed by atoms with Gasteiger partial charge in [0.1, 0.15) is 0 Å². The number of nitrogens with two attached hydrogens (primary N) is 1. The molecule has 0 spiro atoms. The lowest BCUT2D eigenvalue weighted by molar-refractivity contribution is 0.100. The molecule has 2 N–H and O–H groups in total. The molecule has 1 amide bonds. The van der Waals surface area contributed by atoms with Crippen molar-refractivity contribution in [1.82, 2.24) is 4.57 Å². The third kappa shape index (κ3) is 2.52. The van der Waals surface area contributed by atoms with E-state index < -0.39 is 17.5 Å². The van der Waals surface area contributed by atoms with Gasteiger partial charge in [-0.1, -0.05) is 29.8 Å². The summed E-state index contributed by atoms with van der Waals surface area (Å²) in [7, 11) is 0. The van der Waals surface area contributed by atoms with Crippen LogP contribution < -0.4 is 5.73 Å². The van der Waals surface area contributed by atoms with E-state index in [1.807, 2.05) is 10.6 Å². The van der Waals surface area contributed by atoms with Crippen molar-refractivity contribution in [3.05, 3.63) is 82.4 Å². The molecular weight excluding hydrogens is 358 g/mol. The van der Waals surface area contributed by atoms with Gasteiger partial charge in [-0.25, -0.2) is 8.78 Å². The molecule has 4 aromatic rings. The van der Waals surface area contributed by atoms with Gasteiger partial charge in [0.25, 0.3) is 0 Å². The molecule has 26 heavy (non-hydrogen) atoms. The average molecular weight is 370 g/mol. The number of benzene rings is 3. The molecular formula is C20H12ClF2N2O. The molecule has 0 saturated carbocycles. The first-order chi connectivity index (χ1) is 12.5. The molecule has 0 aliphatic rings. The minimum absolute atomic E-state index is 0.247. The summed E-state index contributed by atoms with van der Waals surface area (Å²) >= 11 is 6.40. The lowest BCUT2D eigenvalue weighted by atomic mass is 10.1. The Kier molecular flexibility index (Phi) is 3.89. The zero-order chi connectivity index (χ0) is 18.4. The van der Waals surface area contributed by atoms with Gasteiger partial charge in [-0.3, -0.25) is 4.79 Å². The summed E-state index contributed by atoms with van der Waals surface area (Å²) in [6.45, 7) is 0.247. The van der Waals surface area contributed by atoms with E-state index >= 15 is 0 Å². The van der Waals surface area contributed by atoms with Gasteiger partial charge in [0.2, 0.25) is 5.91 Å². The van der Waals surface area contributed by atoms with Crippen LogP contribution in [0.25, 0.3) is 21.8 Å². The van der Waals surface area contributed by atoms with Crippen LogP contribution in [-0.4, -0.2) is 10.5 Å². The predicted molar refractivity (Wildman–Crippen MR) is 97.3 cm³/mol. The Morgan fingerprint density at radius 2 is 1.96 bits per heavy atom. The number of carbonyl (C=O) groups excluding carboxylic acids is 1.